The molecule has 1 heteroatoms. The standard InChI is InChI=1S/C24H24O/c1-24(2,3)18-11-6-4-5-10-17(16-18)19-13-9-14-21-20-12-7-8-15-22(20)25-23(19)21/h6-16H,4-5H2,1-3H3/b11-6-,17-10+,18-16+. The van der Waals surface area contributed by atoms with Crippen molar-refractivity contribution in [2.45, 2.75) is 33.6 Å². The number of hydrogen-bond acceptors (Lipinski definition) is 1. The van der Waals surface area contributed by atoms with Crippen LogP contribution in [0.25, 0.3) is 27.5 Å². The van der Waals surface area contributed by atoms with Gasteiger partial charge in [0.25, 0.3) is 0 Å². The molecule has 1 nitrogen and oxygen atoms in total. The SMILES string of the molecule is CC(C)(C)C1=C/C(c2cccc3c2oc2ccccc23)=C\CC/C=C\1. The molecule has 0 amide bonds. The minimum Gasteiger partial charge on any atom is -0.455 e. The van der Waals surface area contributed by atoms with E-state index in [1.165, 1.54) is 27.5 Å². The minimum atomic E-state index is 0.120. The van der Waals surface area contributed by atoms with Crippen LogP contribution in [0.1, 0.15) is 39.2 Å². The third kappa shape index (κ3) is 2.95. The molecule has 0 aliphatic heterocycles. The van der Waals surface area contributed by atoms with E-state index in [2.05, 4.69) is 75.4 Å². The van der Waals surface area contributed by atoms with Crippen LogP contribution in [-0.2, 0) is 0 Å². The van der Waals surface area contributed by atoms with Crippen molar-refractivity contribution in [3.05, 3.63) is 77.9 Å². The first-order chi connectivity index (χ1) is 12.0. The van der Waals surface area contributed by atoms with Gasteiger partial charge in [-0.05, 0) is 35.5 Å². The molecule has 0 N–H and O–H groups in total. The fraction of sp³-hybridized carbons (Fsp3) is 0.250. The van der Waals surface area contributed by atoms with Gasteiger partial charge in [0.2, 0.25) is 0 Å². The van der Waals surface area contributed by atoms with E-state index >= 15 is 0 Å². The molecule has 1 aliphatic carbocycles. The van der Waals surface area contributed by atoms with Crippen LogP contribution in [-0.4, -0.2) is 0 Å². The first kappa shape index (κ1) is 16.0. The van der Waals surface area contributed by atoms with Crippen LogP contribution in [0.3, 0.4) is 0 Å². The Balaban J connectivity index is 1.95. The lowest BCUT2D eigenvalue weighted by atomic mass is 9.83. The Kier molecular flexibility index (Phi) is 3.88. The van der Waals surface area contributed by atoms with Crippen molar-refractivity contribution in [1.82, 2.24) is 0 Å². The third-order valence-corrected chi connectivity index (χ3v) is 4.89. The van der Waals surface area contributed by atoms with Crippen molar-refractivity contribution in [1.29, 1.82) is 0 Å². The van der Waals surface area contributed by atoms with Gasteiger partial charge in [0, 0.05) is 16.3 Å². The highest BCUT2D eigenvalue weighted by atomic mass is 16.3. The number of benzene rings is 2. The summed E-state index contributed by atoms with van der Waals surface area (Å²) in [7, 11) is 0. The molecule has 0 radical (unpaired) electrons. The van der Waals surface area contributed by atoms with E-state index in [4.69, 9.17) is 4.42 Å². The van der Waals surface area contributed by atoms with Gasteiger partial charge in [-0.3, -0.25) is 0 Å². The number of para-hydroxylation sites is 2. The van der Waals surface area contributed by atoms with E-state index in [0.717, 1.165) is 24.0 Å². The van der Waals surface area contributed by atoms with Gasteiger partial charge >= 0.3 is 0 Å². The molecule has 2 aromatic carbocycles. The third-order valence-electron chi connectivity index (χ3n) is 4.89. The van der Waals surface area contributed by atoms with E-state index < -0.39 is 0 Å². The molecular formula is C24H24O. The number of hydrogen-bond donors (Lipinski definition) is 0. The van der Waals surface area contributed by atoms with Gasteiger partial charge in [-0.1, -0.05) is 81.5 Å². The topological polar surface area (TPSA) is 13.1 Å². The van der Waals surface area contributed by atoms with Crippen LogP contribution >= 0.6 is 0 Å². The zero-order valence-corrected chi connectivity index (χ0v) is 15.2. The summed E-state index contributed by atoms with van der Waals surface area (Å²) in [6, 6.07) is 14.8. The first-order valence-corrected chi connectivity index (χ1v) is 9.03. The van der Waals surface area contributed by atoms with Crippen LogP contribution < -0.4 is 0 Å². The smallest absolute Gasteiger partial charge is 0.143 e. The zero-order valence-electron chi connectivity index (χ0n) is 15.2. The molecule has 3 aromatic rings. The molecule has 0 unspecified atom stereocenters. The Morgan fingerprint density at radius 3 is 2.52 bits per heavy atom. The highest BCUT2D eigenvalue weighted by Crippen LogP contribution is 2.37. The fourth-order valence-electron chi connectivity index (χ4n) is 3.45. The molecule has 25 heavy (non-hydrogen) atoms. The van der Waals surface area contributed by atoms with E-state index in [0.29, 0.717) is 0 Å². The molecule has 1 heterocycles. The fourth-order valence-corrected chi connectivity index (χ4v) is 3.45. The average Bonchev–Trinajstić information content (AvgIpc) is 2.92. The molecule has 0 fully saturated rings. The lowest BCUT2D eigenvalue weighted by molar-refractivity contribution is 0.517. The zero-order chi connectivity index (χ0) is 17.4. The maximum atomic E-state index is 6.24. The van der Waals surface area contributed by atoms with Crippen LogP contribution in [0.15, 0.2) is 76.8 Å². The number of fused-ring (bicyclic) bond motifs is 3. The van der Waals surface area contributed by atoms with Gasteiger partial charge in [0.1, 0.15) is 11.2 Å². The molecule has 1 aliphatic rings. The van der Waals surface area contributed by atoms with Crippen molar-refractivity contribution in [2.75, 3.05) is 0 Å². The second-order valence-electron chi connectivity index (χ2n) is 7.77. The summed E-state index contributed by atoms with van der Waals surface area (Å²) in [6.45, 7) is 6.80. The van der Waals surface area contributed by atoms with Crippen molar-refractivity contribution in [3.8, 4) is 0 Å². The molecule has 0 saturated carbocycles. The Bertz CT molecular complexity index is 1020. The minimum absolute atomic E-state index is 0.120. The maximum Gasteiger partial charge on any atom is 0.143 e. The van der Waals surface area contributed by atoms with Crippen LogP contribution in [0.2, 0.25) is 0 Å². The predicted octanol–water partition coefficient (Wildman–Crippen LogP) is 7.29. The quantitative estimate of drug-likeness (QED) is 0.457. The molecule has 4 rings (SSSR count). The van der Waals surface area contributed by atoms with E-state index in [1.807, 2.05) is 12.1 Å². The van der Waals surface area contributed by atoms with Crippen LogP contribution in [0.4, 0.5) is 0 Å². The van der Waals surface area contributed by atoms with Gasteiger partial charge in [0.05, 0.1) is 0 Å². The van der Waals surface area contributed by atoms with Gasteiger partial charge < -0.3 is 4.42 Å². The summed E-state index contributed by atoms with van der Waals surface area (Å²) in [5.41, 5.74) is 5.87. The van der Waals surface area contributed by atoms with Crippen LogP contribution in [0.5, 0.6) is 0 Å². The first-order valence-electron chi connectivity index (χ1n) is 9.03. The Labute approximate surface area is 149 Å². The summed E-state index contributed by atoms with van der Waals surface area (Å²) >= 11 is 0. The summed E-state index contributed by atoms with van der Waals surface area (Å²) in [6.07, 6.45) is 11.4. The van der Waals surface area contributed by atoms with E-state index in [1.54, 1.807) is 0 Å². The summed E-state index contributed by atoms with van der Waals surface area (Å²) in [5.74, 6) is 0. The summed E-state index contributed by atoms with van der Waals surface area (Å²) in [5, 5.41) is 2.38. The monoisotopic (exact) mass is 328 g/mol. The highest BCUT2D eigenvalue weighted by Gasteiger charge is 2.18. The Morgan fingerprint density at radius 1 is 0.880 bits per heavy atom. The predicted molar refractivity (Wildman–Crippen MR) is 108 cm³/mol. The van der Waals surface area contributed by atoms with Crippen molar-refractivity contribution in [2.24, 2.45) is 5.41 Å². The van der Waals surface area contributed by atoms with E-state index in [9.17, 15) is 0 Å². The molecular weight excluding hydrogens is 304 g/mol. The second kappa shape index (κ2) is 6.07. The van der Waals surface area contributed by atoms with Crippen molar-refractivity contribution >= 4 is 27.5 Å². The Morgan fingerprint density at radius 2 is 1.68 bits per heavy atom. The summed E-state index contributed by atoms with van der Waals surface area (Å²) < 4.78 is 6.24. The van der Waals surface area contributed by atoms with Gasteiger partial charge in [-0.25, -0.2) is 0 Å². The molecule has 0 atom stereocenters. The lowest BCUT2D eigenvalue weighted by Crippen LogP contribution is -2.08. The molecule has 0 spiro atoms. The number of furan rings is 1. The Hall–Kier alpha value is -2.54. The van der Waals surface area contributed by atoms with E-state index in [-0.39, 0.29) is 5.41 Å². The van der Waals surface area contributed by atoms with Gasteiger partial charge in [-0.15, -0.1) is 0 Å². The average molecular weight is 328 g/mol. The maximum absolute atomic E-state index is 6.24. The van der Waals surface area contributed by atoms with Crippen molar-refractivity contribution in [3.63, 3.8) is 0 Å². The lowest BCUT2D eigenvalue weighted by Gasteiger charge is -2.22. The van der Waals surface area contributed by atoms with Gasteiger partial charge in [0.15, 0.2) is 0 Å². The number of allylic oxidation sites excluding steroid dienone is 6. The normalized spacial score (nSPS) is 21.2. The molecule has 126 valence electrons. The second-order valence-corrected chi connectivity index (χ2v) is 7.77. The van der Waals surface area contributed by atoms with Gasteiger partial charge in [-0.2, -0.15) is 0 Å². The summed E-state index contributed by atoms with van der Waals surface area (Å²) in [4.78, 5) is 0. The largest absolute Gasteiger partial charge is 0.455 e. The molecule has 1 aromatic heterocycles. The van der Waals surface area contributed by atoms with Crippen LogP contribution in [0, 0.1) is 5.41 Å². The van der Waals surface area contributed by atoms with Crippen molar-refractivity contribution < 1.29 is 4.42 Å². The molecule has 0 bridgehead atoms. The number of rotatable bonds is 1. The molecule has 0 saturated heterocycles. The highest BCUT2D eigenvalue weighted by molar-refractivity contribution is 6.08.